The Morgan fingerprint density at radius 3 is 2.55 bits per heavy atom. The summed E-state index contributed by atoms with van der Waals surface area (Å²) in [6.07, 6.45) is 2.19. The predicted molar refractivity (Wildman–Crippen MR) is 129 cm³/mol. The molecule has 31 heavy (non-hydrogen) atoms. The van der Waals surface area contributed by atoms with Crippen molar-refractivity contribution in [3.05, 3.63) is 47.3 Å². The third-order valence-corrected chi connectivity index (χ3v) is 6.64. The van der Waals surface area contributed by atoms with Crippen LogP contribution in [0, 0.1) is 0 Å². The van der Waals surface area contributed by atoms with Crippen LogP contribution in [0.2, 0.25) is 0 Å². The van der Waals surface area contributed by atoms with E-state index in [0.717, 1.165) is 75.9 Å². The van der Waals surface area contributed by atoms with Crippen LogP contribution in [0.5, 0.6) is 0 Å². The van der Waals surface area contributed by atoms with E-state index in [9.17, 15) is 4.79 Å². The molecule has 0 radical (unpaired) electrons. The molecule has 1 aromatic carbocycles. The molecular weight excluding hydrogens is 408 g/mol. The molecule has 2 N–H and O–H groups in total. The maximum atomic E-state index is 12.4. The zero-order valence-corrected chi connectivity index (χ0v) is 19.0. The molecule has 3 heterocycles. The fourth-order valence-corrected chi connectivity index (χ4v) is 4.84. The highest BCUT2D eigenvalue weighted by molar-refractivity contribution is 7.14. The highest BCUT2D eigenvalue weighted by Gasteiger charge is 2.20. The van der Waals surface area contributed by atoms with E-state index < -0.39 is 0 Å². The van der Waals surface area contributed by atoms with Gasteiger partial charge in [-0.2, -0.15) is 0 Å². The third-order valence-electron chi connectivity index (χ3n) is 5.71. The Hall–Kier alpha value is -2.74. The van der Waals surface area contributed by atoms with Crippen molar-refractivity contribution in [2.24, 2.45) is 4.99 Å². The van der Waals surface area contributed by atoms with Gasteiger partial charge in [0.25, 0.3) is 0 Å². The molecule has 4 rings (SSSR count). The van der Waals surface area contributed by atoms with Gasteiger partial charge in [0.1, 0.15) is 0 Å². The molecule has 2 aliphatic rings. The fourth-order valence-electron chi connectivity index (χ4n) is 4.05. The average Bonchev–Trinajstić information content (AvgIpc) is 3.52. The average molecular weight is 441 g/mol. The number of aliphatic imine (C=N–C) groups is 1. The van der Waals surface area contributed by atoms with Crippen molar-refractivity contribution in [1.29, 1.82) is 0 Å². The molecule has 2 amide bonds. The summed E-state index contributed by atoms with van der Waals surface area (Å²) < 4.78 is 0. The van der Waals surface area contributed by atoms with Gasteiger partial charge in [-0.25, -0.2) is 9.79 Å². The number of carbonyl (C=O) groups is 1. The number of rotatable bonds is 5. The van der Waals surface area contributed by atoms with Crippen molar-refractivity contribution >= 4 is 34.0 Å². The zero-order chi connectivity index (χ0) is 21.5. The number of hydrogen-bond acceptors (Lipinski definition) is 4. The summed E-state index contributed by atoms with van der Waals surface area (Å²) in [7, 11) is 0. The van der Waals surface area contributed by atoms with E-state index in [4.69, 9.17) is 4.99 Å². The number of carbonyl (C=O) groups excluding carboxylic acids is 1. The number of benzene rings is 1. The van der Waals surface area contributed by atoms with Gasteiger partial charge in [-0.3, -0.25) is 0 Å². The van der Waals surface area contributed by atoms with E-state index in [1.54, 1.807) is 11.3 Å². The molecule has 7 nitrogen and oxygen atoms in total. The van der Waals surface area contributed by atoms with E-state index in [0.29, 0.717) is 6.54 Å². The second-order valence-corrected chi connectivity index (χ2v) is 8.85. The second-order valence-electron chi connectivity index (χ2n) is 7.92. The summed E-state index contributed by atoms with van der Waals surface area (Å²) in [6, 6.07) is 12.3. The molecule has 2 aromatic rings. The summed E-state index contributed by atoms with van der Waals surface area (Å²) >= 11 is 1.80. The van der Waals surface area contributed by atoms with Crippen LogP contribution < -0.4 is 15.5 Å². The minimum Gasteiger partial charge on any atom is -0.360 e. The number of amides is 2. The molecule has 0 aliphatic carbocycles. The van der Waals surface area contributed by atoms with Crippen molar-refractivity contribution in [2.45, 2.75) is 26.3 Å². The lowest BCUT2D eigenvalue weighted by Gasteiger charge is -2.37. The standard InChI is InChI=1S/C23H32N6OS/c1-2-24-22(28-14-12-27(13-15-28)21-9-6-16-31-21)25-18-19-7-5-8-20(17-19)26-23(30)29-10-3-4-11-29/h5-9,16-17H,2-4,10-15,18H2,1H3,(H,24,25)(H,26,30). The van der Waals surface area contributed by atoms with E-state index in [-0.39, 0.29) is 6.03 Å². The number of likely N-dealkylation sites (tertiary alicyclic amines) is 1. The molecular formula is C23H32N6OS. The Morgan fingerprint density at radius 1 is 1.03 bits per heavy atom. The quantitative estimate of drug-likeness (QED) is 0.550. The van der Waals surface area contributed by atoms with Gasteiger partial charge in [0.15, 0.2) is 5.96 Å². The largest absolute Gasteiger partial charge is 0.360 e. The number of piperazine rings is 1. The fraction of sp³-hybridized carbons (Fsp3) is 0.478. The summed E-state index contributed by atoms with van der Waals surface area (Å²) in [5.74, 6) is 0.958. The highest BCUT2D eigenvalue weighted by Crippen LogP contribution is 2.22. The van der Waals surface area contributed by atoms with Gasteiger partial charge in [0.2, 0.25) is 0 Å². The number of anilines is 2. The van der Waals surface area contributed by atoms with Gasteiger partial charge in [-0.15, -0.1) is 11.3 Å². The molecule has 0 saturated carbocycles. The molecule has 0 bridgehead atoms. The minimum atomic E-state index is -0.00454. The van der Waals surface area contributed by atoms with Crippen LogP contribution in [0.25, 0.3) is 0 Å². The smallest absolute Gasteiger partial charge is 0.321 e. The van der Waals surface area contributed by atoms with Gasteiger partial charge in [0, 0.05) is 51.5 Å². The number of nitrogens with one attached hydrogen (secondary N) is 2. The van der Waals surface area contributed by atoms with Crippen molar-refractivity contribution < 1.29 is 4.79 Å². The lowest BCUT2D eigenvalue weighted by Crippen LogP contribution is -2.52. The molecule has 2 saturated heterocycles. The first kappa shape index (κ1) is 21.5. The van der Waals surface area contributed by atoms with Gasteiger partial charge >= 0.3 is 6.03 Å². The van der Waals surface area contributed by atoms with Gasteiger partial charge < -0.3 is 25.3 Å². The van der Waals surface area contributed by atoms with Gasteiger partial charge in [-0.05, 0) is 55.0 Å². The number of nitrogens with zero attached hydrogens (tertiary/aromatic N) is 4. The number of thiophene rings is 1. The first-order valence-corrected chi connectivity index (χ1v) is 12.1. The Balaban J connectivity index is 1.35. The molecule has 0 spiro atoms. The summed E-state index contributed by atoms with van der Waals surface area (Å²) in [6.45, 7) is 9.14. The highest BCUT2D eigenvalue weighted by atomic mass is 32.1. The summed E-state index contributed by atoms with van der Waals surface area (Å²) in [5, 5.41) is 9.94. The molecule has 0 unspecified atom stereocenters. The molecule has 8 heteroatoms. The van der Waals surface area contributed by atoms with Crippen molar-refractivity contribution in [1.82, 2.24) is 15.1 Å². The first-order chi connectivity index (χ1) is 15.2. The van der Waals surface area contributed by atoms with Crippen LogP contribution in [0.3, 0.4) is 0 Å². The van der Waals surface area contributed by atoms with Crippen molar-refractivity contribution in [3.8, 4) is 0 Å². The van der Waals surface area contributed by atoms with Crippen LogP contribution >= 0.6 is 11.3 Å². The van der Waals surface area contributed by atoms with Crippen LogP contribution in [-0.4, -0.2) is 67.6 Å². The topological polar surface area (TPSA) is 63.2 Å². The van der Waals surface area contributed by atoms with Crippen LogP contribution in [0.1, 0.15) is 25.3 Å². The van der Waals surface area contributed by atoms with Gasteiger partial charge in [-0.1, -0.05) is 12.1 Å². The summed E-state index contributed by atoms with van der Waals surface area (Å²) in [5.41, 5.74) is 1.92. The normalized spacial score (nSPS) is 17.2. The lowest BCUT2D eigenvalue weighted by atomic mass is 10.2. The monoisotopic (exact) mass is 440 g/mol. The van der Waals surface area contributed by atoms with Crippen molar-refractivity contribution in [2.75, 3.05) is 56.0 Å². The predicted octanol–water partition coefficient (Wildman–Crippen LogP) is 3.66. The minimum absolute atomic E-state index is 0.00454. The van der Waals surface area contributed by atoms with Crippen LogP contribution in [0.15, 0.2) is 46.8 Å². The Bertz CT molecular complexity index is 870. The van der Waals surface area contributed by atoms with Crippen LogP contribution in [-0.2, 0) is 6.54 Å². The Labute approximate surface area is 188 Å². The number of urea groups is 1. The van der Waals surface area contributed by atoms with E-state index >= 15 is 0 Å². The molecule has 166 valence electrons. The molecule has 1 aromatic heterocycles. The number of guanidine groups is 1. The molecule has 2 fully saturated rings. The maximum absolute atomic E-state index is 12.4. The first-order valence-electron chi connectivity index (χ1n) is 11.2. The zero-order valence-electron chi connectivity index (χ0n) is 18.2. The van der Waals surface area contributed by atoms with Crippen LogP contribution in [0.4, 0.5) is 15.5 Å². The van der Waals surface area contributed by atoms with E-state index in [1.807, 2.05) is 23.1 Å². The number of hydrogen-bond donors (Lipinski definition) is 2. The SMILES string of the molecule is CCNC(=NCc1cccc(NC(=O)N2CCCC2)c1)N1CCN(c2cccs2)CC1. The summed E-state index contributed by atoms with van der Waals surface area (Å²) in [4.78, 5) is 23.9. The van der Waals surface area contributed by atoms with E-state index in [1.165, 1.54) is 5.00 Å². The lowest BCUT2D eigenvalue weighted by molar-refractivity contribution is 0.222. The Kier molecular flexibility index (Phi) is 7.30. The third kappa shape index (κ3) is 5.70. The Morgan fingerprint density at radius 2 is 1.84 bits per heavy atom. The van der Waals surface area contributed by atoms with Gasteiger partial charge in [0.05, 0.1) is 11.5 Å². The maximum Gasteiger partial charge on any atom is 0.321 e. The molecule has 0 atom stereocenters. The second kappa shape index (κ2) is 10.5. The van der Waals surface area contributed by atoms with Crippen molar-refractivity contribution in [3.63, 3.8) is 0 Å². The molecule has 2 aliphatic heterocycles. The van der Waals surface area contributed by atoms with E-state index in [2.05, 4.69) is 50.9 Å².